The molecule has 3 rings (SSSR count). The molecule has 7 heteroatoms. The molecule has 2 N–H and O–H groups in total. The van der Waals surface area contributed by atoms with Gasteiger partial charge in [-0.2, -0.15) is 0 Å². The molecule has 0 bridgehead atoms. The summed E-state index contributed by atoms with van der Waals surface area (Å²) < 4.78 is 16.9. The van der Waals surface area contributed by atoms with Gasteiger partial charge in [0.2, 0.25) is 0 Å². The number of rotatable bonds is 9. The highest BCUT2D eigenvalue weighted by molar-refractivity contribution is 5.79. The van der Waals surface area contributed by atoms with Gasteiger partial charge >= 0.3 is 0 Å². The molecule has 2 saturated heterocycles. The molecule has 0 aliphatic carbocycles. The molecular weight excluding hydrogens is 392 g/mol. The first kappa shape index (κ1) is 24.0. The molecule has 0 aromatic heterocycles. The summed E-state index contributed by atoms with van der Waals surface area (Å²) in [5.74, 6) is 0.857. The number of aliphatic imine (C=N–C) groups is 1. The van der Waals surface area contributed by atoms with Crippen LogP contribution >= 0.6 is 0 Å². The highest BCUT2D eigenvalue weighted by atomic mass is 16.5. The molecule has 0 unspecified atom stereocenters. The Balaban J connectivity index is 1.47. The number of benzene rings is 1. The molecule has 2 aliphatic rings. The highest BCUT2D eigenvalue weighted by Crippen LogP contribution is 2.16. The lowest BCUT2D eigenvalue weighted by Gasteiger charge is -2.41. The van der Waals surface area contributed by atoms with Crippen molar-refractivity contribution in [3.8, 4) is 0 Å². The average Bonchev–Trinajstić information content (AvgIpc) is 2.81. The molecule has 1 aromatic rings. The summed E-state index contributed by atoms with van der Waals surface area (Å²) >= 11 is 0. The zero-order valence-corrected chi connectivity index (χ0v) is 19.5. The maximum Gasteiger partial charge on any atom is 0.191 e. The SMILES string of the molecule is CCNC(=NCc1ccc(COC2CCOCC2)cc1)NCC(C)(C)N1CCOCC1. The molecule has 31 heavy (non-hydrogen) atoms. The monoisotopic (exact) mass is 432 g/mol. The number of hydrogen-bond acceptors (Lipinski definition) is 5. The average molecular weight is 433 g/mol. The summed E-state index contributed by atoms with van der Waals surface area (Å²) in [7, 11) is 0. The van der Waals surface area contributed by atoms with E-state index in [2.05, 4.69) is 60.6 Å². The zero-order valence-electron chi connectivity index (χ0n) is 19.5. The van der Waals surface area contributed by atoms with Crippen LogP contribution in [0, 0.1) is 0 Å². The molecule has 2 aliphatic heterocycles. The summed E-state index contributed by atoms with van der Waals surface area (Å²) in [4.78, 5) is 7.27. The van der Waals surface area contributed by atoms with Crippen LogP contribution in [-0.2, 0) is 27.4 Å². The summed E-state index contributed by atoms with van der Waals surface area (Å²) in [6.45, 7) is 14.8. The predicted octanol–water partition coefficient (Wildman–Crippen LogP) is 2.55. The van der Waals surface area contributed by atoms with Crippen molar-refractivity contribution in [2.45, 2.75) is 58.4 Å². The second-order valence-corrected chi connectivity index (χ2v) is 8.90. The van der Waals surface area contributed by atoms with Crippen molar-refractivity contribution < 1.29 is 14.2 Å². The molecule has 174 valence electrons. The van der Waals surface area contributed by atoms with Crippen molar-refractivity contribution in [1.29, 1.82) is 0 Å². The lowest BCUT2D eigenvalue weighted by molar-refractivity contribution is -0.0390. The van der Waals surface area contributed by atoms with Crippen LogP contribution in [0.2, 0.25) is 0 Å². The number of guanidine groups is 1. The van der Waals surface area contributed by atoms with Crippen LogP contribution in [0.15, 0.2) is 29.3 Å². The number of nitrogens with one attached hydrogen (secondary N) is 2. The van der Waals surface area contributed by atoms with Gasteiger partial charge in [0.1, 0.15) is 0 Å². The van der Waals surface area contributed by atoms with Crippen molar-refractivity contribution in [3.05, 3.63) is 35.4 Å². The van der Waals surface area contributed by atoms with Gasteiger partial charge in [0, 0.05) is 44.9 Å². The first-order chi connectivity index (χ1) is 15.1. The van der Waals surface area contributed by atoms with Crippen LogP contribution in [0.1, 0.15) is 44.7 Å². The van der Waals surface area contributed by atoms with Crippen LogP contribution < -0.4 is 10.6 Å². The van der Waals surface area contributed by atoms with Gasteiger partial charge in [-0.05, 0) is 44.7 Å². The molecule has 0 amide bonds. The molecule has 2 heterocycles. The maximum absolute atomic E-state index is 6.01. The largest absolute Gasteiger partial charge is 0.381 e. The van der Waals surface area contributed by atoms with Gasteiger partial charge in [-0.1, -0.05) is 24.3 Å². The Hall–Kier alpha value is -1.67. The van der Waals surface area contributed by atoms with Gasteiger partial charge in [0.05, 0.1) is 32.5 Å². The molecule has 7 nitrogen and oxygen atoms in total. The van der Waals surface area contributed by atoms with Crippen molar-refractivity contribution in [1.82, 2.24) is 15.5 Å². The maximum atomic E-state index is 6.01. The molecule has 0 spiro atoms. The number of hydrogen-bond donors (Lipinski definition) is 2. The summed E-state index contributed by atoms with van der Waals surface area (Å²) in [5, 5.41) is 6.88. The van der Waals surface area contributed by atoms with Gasteiger partial charge < -0.3 is 24.8 Å². The van der Waals surface area contributed by atoms with E-state index in [4.69, 9.17) is 19.2 Å². The lowest BCUT2D eigenvalue weighted by atomic mass is 10.0. The predicted molar refractivity (Wildman–Crippen MR) is 124 cm³/mol. The Kier molecular flexibility index (Phi) is 9.58. The standard InChI is InChI=1S/C24H40N4O3/c1-4-25-23(27-19-24(2,3)28-11-15-30-16-12-28)26-17-20-5-7-21(8-6-20)18-31-22-9-13-29-14-10-22/h5-8,22H,4,9-19H2,1-3H3,(H2,25,26,27). The van der Waals surface area contributed by atoms with Gasteiger partial charge in [-0.15, -0.1) is 0 Å². The van der Waals surface area contributed by atoms with Crippen LogP contribution in [0.5, 0.6) is 0 Å². The van der Waals surface area contributed by atoms with Gasteiger partial charge in [0.25, 0.3) is 0 Å². The molecular formula is C24H40N4O3. The first-order valence-electron chi connectivity index (χ1n) is 11.7. The topological polar surface area (TPSA) is 67.4 Å². The Labute approximate surface area is 187 Å². The fraction of sp³-hybridized carbons (Fsp3) is 0.708. The minimum Gasteiger partial charge on any atom is -0.381 e. The van der Waals surface area contributed by atoms with Crippen LogP contribution in [0.4, 0.5) is 0 Å². The van der Waals surface area contributed by atoms with E-state index in [0.717, 1.165) is 71.4 Å². The first-order valence-corrected chi connectivity index (χ1v) is 11.7. The van der Waals surface area contributed by atoms with Gasteiger partial charge in [-0.3, -0.25) is 4.90 Å². The van der Waals surface area contributed by atoms with E-state index >= 15 is 0 Å². The quantitative estimate of drug-likeness (QED) is 0.462. The molecule has 0 saturated carbocycles. The van der Waals surface area contributed by atoms with E-state index in [0.29, 0.717) is 19.3 Å². The minimum atomic E-state index is 0.0477. The fourth-order valence-corrected chi connectivity index (χ4v) is 3.89. The second-order valence-electron chi connectivity index (χ2n) is 8.90. The minimum absolute atomic E-state index is 0.0477. The highest BCUT2D eigenvalue weighted by Gasteiger charge is 2.28. The molecule has 2 fully saturated rings. The van der Waals surface area contributed by atoms with Crippen LogP contribution in [-0.4, -0.2) is 75.1 Å². The van der Waals surface area contributed by atoms with Crippen molar-refractivity contribution >= 4 is 5.96 Å². The summed E-state index contributed by atoms with van der Waals surface area (Å²) in [5.41, 5.74) is 2.45. The zero-order chi connectivity index (χ0) is 21.9. The summed E-state index contributed by atoms with van der Waals surface area (Å²) in [6.07, 6.45) is 2.32. The van der Waals surface area contributed by atoms with Crippen molar-refractivity contribution in [2.75, 3.05) is 52.6 Å². The number of morpholine rings is 1. The Bertz CT molecular complexity index is 666. The van der Waals surface area contributed by atoms with Crippen LogP contribution in [0.25, 0.3) is 0 Å². The normalized spacial score (nSPS) is 19.4. The van der Waals surface area contributed by atoms with E-state index in [1.807, 2.05) is 0 Å². The van der Waals surface area contributed by atoms with Gasteiger partial charge in [0.15, 0.2) is 5.96 Å². The van der Waals surface area contributed by atoms with E-state index in [9.17, 15) is 0 Å². The number of nitrogens with zero attached hydrogens (tertiary/aromatic N) is 2. The molecule has 1 aromatic carbocycles. The molecule has 0 radical (unpaired) electrons. The van der Waals surface area contributed by atoms with Gasteiger partial charge in [-0.25, -0.2) is 4.99 Å². The number of ether oxygens (including phenoxy) is 3. The smallest absolute Gasteiger partial charge is 0.191 e. The third-order valence-corrected chi connectivity index (χ3v) is 6.00. The second kappa shape index (κ2) is 12.4. The van der Waals surface area contributed by atoms with Crippen molar-refractivity contribution in [3.63, 3.8) is 0 Å². The van der Waals surface area contributed by atoms with Crippen LogP contribution in [0.3, 0.4) is 0 Å². The van der Waals surface area contributed by atoms with E-state index in [-0.39, 0.29) is 5.54 Å². The third kappa shape index (κ3) is 8.07. The Morgan fingerprint density at radius 1 is 1.03 bits per heavy atom. The third-order valence-electron chi connectivity index (χ3n) is 6.00. The summed E-state index contributed by atoms with van der Waals surface area (Å²) in [6, 6.07) is 8.58. The Morgan fingerprint density at radius 2 is 1.68 bits per heavy atom. The van der Waals surface area contributed by atoms with E-state index < -0.39 is 0 Å². The molecule has 0 atom stereocenters. The lowest BCUT2D eigenvalue weighted by Crippen LogP contribution is -2.56. The fourth-order valence-electron chi connectivity index (χ4n) is 3.89. The van der Waals surface area contributed by atoms with E-state index in [1.54, 1.807) is 0 Å². The van der Waals surface area contributed by atoms with Crippen molar-refractivity contribution in [2.24, 2.45) is 4.99 Å². The van der Waals surface area contributed by atoms with E-state index in [1.165, 1.54) is 11.1 Å². The Morgan fingerprint density at radius 3 is 2.35 bits per heavy atom.